The quantitative estimate of drug-likeness (QED) is 0.874. The van der Waals surface area contributed by atoms with Crippen molar-refractivity contribution in [2.75, 3.05) is 5.32 Å². The van der Waals surface area contributed by atoms with Crippen molar-refractivity contribution in [3.05, 3.63) is 17.0 Å². The molecule has 2 atom stereocenters. The minimum Gasteiger partial charge on any atom is -0.478 e. The standard InChI is InChI=1S/C13H18N2O3S/c1-8-4-3-5-9(2)15(8)13(18)14-11-10(12(16)17)6-7-19-11/h6-9H,3-5H2,1-2H3,(H,14,18)(H,16,17)/t8-,9+. The maximum Gasteiger partial charge on any atom is 0.338 e. The van der Waals surface area contributed by atoms with Crippen molar-refractivity contribution < 1.29 is 14.7 Å². The van der Waals surface area contributed by atoms with Gasteiger partial charge in [-0.05, 0) is 44.6 Å². The number of urea groups is 1. The van der Waals surface area contributed by atoms with Crippen molar-refractivity contribution in [2.45, 2.75) is 45.2 Å². The smallest absolute Gasteiger partial charge is 0.338 e. The Kier molecular flexibility index (Phi) is 4.09. The van der Waals surface area contributed by atoms with Crippen molar-refractivity contribution in [3.63, 3.8) is 0 Å². The van der Waals surface area contributed by atoms with E-state index in [0.29, 0.717) is 5.00 Å². The molecule has 104 valence electrons. The number of carboxylic acid groups (broad SMARTS) is 1. The number of hydrogen-bond acceptors (Lipinski definition) is 3. The molecule has 0 saturated carbocycles. The molecule has 0 bridgehead atoms. The number of rotatable bonds is 2. The first kappa shape index (κ1) is 13.9. The van der Waals surface area contributed by atoms with Crippen molar-refractivity contribution in [2.24, 2.45) is 0 Å². The summed E-state index contributed by atoms with van der Waals surface area (Å²) in [5, 5.41) is 13.8. The zero-order valence-electron chi connectivity index (χ0n) is 11.0. The number of anilines is 1. The molecule has 19 heavy (non-hydrogen) atoms. The number of carboxylic acids is 1. The third-order valence-corrected chi connectivity index (χ3v) is 4.37. The number of aromatic carboxylic acids is 1. The Morgan fingerprint density at radius 1 is 1.37 bits per heavy atom. The molecule has 1 fully saturated rings. The van der Waals surface area contributed by atoms with Gasteiger partial charge in [0.25, 0.3) is 0 Å². The summed E-state index contributed by atoms with van der Waals surface area (Å²) in [4.78, 5) is 25.1. The molecule has 0 unspecified atom stereocenters. The lowest BCUT2D eigenvalue weighted by molar-refractivity contribution is 0.0698. The molecule has 2 amide bonds. The summed E-state index contributed by atoms with van der Waals surface area (Å²) in [7, 11) is 0. The fourth-order valence-electron chi connectivity index (χ4n) is 2.56. The van der Waals surface area contributed by atoms with Crippen LogP contribution in [0.2, 0.25) is 0 Å². The number of piperidine rings is 1. The third kappa shape index (κ3) is 2.89. The highest BCUT2D eigenvalue weighted by Crippen LogP contribution is 2.27. The molecule has 2 N–H and O–H groups in total. The Hall–Kier alpha value is -1.56. The molecule has 6 heteroatoms. The average molecular weight is 282 g/mol. The molecule has 2 rings (SSSR count). The lowest BCUT2D eigenvalue weighted by atomic mass is 9.98. The van der Waals surface area contributed by atoms with Gasteiger partial charge in [0.2, 0.25) is 0 Å². The highest BCUT2D eigenvalue weighted by molar-refractivity contribution is 7.14. The zero-order chi connectivity index (χ0) is 14.0. The van der Waals surface area contributed by atoms with Crippen LogP contribution in [0, 0.1) is 0 Å². The van der Waals surface area contributed by atoms with Crippen LogP contribution in [0.1, 0.15) is 43.5 Å². The molecule has 5 nitrogen and oxygen atoms in total. The van der Waals surface area contributed by atoms with Crippen LogP contribution in [0.3, 0.4) is 0 Å². The number of carbonyl (C=O) groups is 2. The fraction of sp³-hybridized carbons (Fsp3) is 0.538. The van der Waals surface area contributed by atoms with Crippen LogP contribution in [-0.4, -0.2) is 34.1 Å². The van der Waals surface area contributed by atoms with Crippen LogP contribution >= 0.6 is 11.3 Å². The highest BCUT2D eigenvalue weighted by atomic mass is 32.1. The van der Waals surface area contributed by atoms with E-state index in [2.05, 4.69) is 5.32 Å². The van der Waals surface area contributed by atoms with E-state index < -0.39 is 5.97 Å². The van der Waals surface area contributed by atoms with Crippen LogP contribution in [0.15, 0.2) is 11.4 Å². The number of thiophene rings is 1. The first-order valence-electron chi connectivity index (χ1n) is 6.40. The molecular weight excluding hydrogens is 264 g/mol. The minimum atomic E-state index is -1.02. The van der Waals surface area contributed by atoms with Crippen molar-refractivity contribution in [3.8, 4) is 0 Å². The summed E-state index contributed by atoms with van der Waals surface area (Å²) in [6.07, 6.45) is 3.12. The third-order valence-electron chi connectivity index (χ3n) is 3.54. The Morgan fingerprint density at radius 3 is 2.58 bits per heavy atom. The van der Waals surface area contributed by atoms with Gasteiger partial charge in [-0.1, -0.05) is 0 Å². The Bertz CT molecular complexity index is 476. The number of amides is 2. The van der Waals surface area contributed by atoms with Gasteiger partial charge in [0, 0.05) is 12.1 Å². The topological polar surface area (TPSA) is 69.6 Å². The van der Waals surface area contributed by atoms with Gasteiger partial charge in [0.15, 0.2) is 0 Å². The highest BCUT2D eigenvalue weighted by Gasteiger charge is 2.29. The van der Waals surface area contributed by atoms with Gasteiger partial charge in [-0.3, -0.25) is 5.32 Å². The summed E-state index contributed by atoms with van der Waals surface area (Å²) < 4.78 is 0. The molecule has 0 spiro atoms. The van der Waals surface area contributed by atoms with Crippen LogP contribution in [-0.2, 0) is 0 Å². The molecule has 1 aromatic heterocycles. The Morgan fingerprint density at radius 2 is 2.00 bits per heavy atom. The predicted octanol–water partition coefficient (Wildman–Crippen LogP) is 3.24. The van der Waals surface area contributed by atoms with E-state index >= 15 is 0 Å². The Labute approximate surface area is 116 Å². The van der Waals surface area contributed by atoms with E-state index in [1.165, 1.54) is 17.4 Å². The van der Waals surface area contributed by atoms with Crippen LogP contribution in [0.4, 0.5) is 9.80 Å². The summed E-state index contributed by atoms with van der Waals surface area (Å²) >= 11 is 1.23. The monoisotopic (exact) mass is 282 g/mol. The zero-order valence-corrected chi connectivity index (χ0v) is 11.9. The second-order valence-electron chi connectivity index (χ2n) is 4.93. The SMILES string of the molecule is C[C@@H]1CCC[C@H](C)N1C(=O)Nc1sccc1C(=O)O. The minimum absolute atomic E-state index is 0.149. The second kappa shape index (κ2) is 5.61. The van der Waals surface area contributed by atoms with E-state index in [4.69, 9.17) is 5.11 Å². The molecule has 0 aromatic carbocycles. The van der Waals surface area contributed by atoms with Gasteiger partial charge in [-0.25, -0.2) is 9.59 Å². The molecule has 1 aliphatic rings. The van der Waals surface area contributed by atoms with Crippen molar-refractivity contribution >= 4 is 28.3 Å². The molecule has 2 heterocycles. The van der Waals surface area contributed by atoms with Gasteiger partial charge in [-0.15, -0.1) is 11.3 Å². The van der Waals surface area contributed by atoms with E-state index in [1.54, 1.807) is 5.38 Å². The lowest BCUT2D eigenvalue weighted by Crippen LogP contribution is -2.49. The largest absolute Gasteiger partial charge is 0.478 e. The number of nitrogens with one attached hydrogen (secondary N) is 1. The molecule has 1 aromatic rings. The fourth-order valence-corrected chi connectivity index (χ4v) is 3.33. The van der Waals surface area contributed by atoms with Gasteiger partial charge in [0.1, 0.15) is 5.00 Å². The summed E-state index contributed by atoms with van der Waals surface area (Å²) in [6.45, 7) is 4.06. The first-order chi connectivity index (χ1) is 9.00. The number of nitrogens with zero attached hydrogens (tertiary/aromatic N) is 1. The van der Waals surface area contributed by atoms with E-state index in [1.807, 2.05) is 18.7 Å². The second-order valence-corrected chi connectivity index (χ2v) is 5.85. The summed E-state index contributed by atoms with van der Waals surface area (Å²) in [5.41, 5.74) is 0.149. The van der Waals surface area contributed by atoms with Gasteiger partial charge in [0.05, 0.1) is 5.56 Å². The van der Waals surface area contributed by atoms with Gasteiger partial charge in [-0.2, -0.15) is 0 Å². The maximum absolute atomic E-state index is 12.3. The number of carbonyl (C=O) groups excluding carboxylic acids is 1. The lowest BCUT2D eigenvalue weighted by Gasteiger charge is -2.38. The molecule has 0 radical (unpaired) electrons. The predicted molar refractivity (Wildman–Crippen MR) is 74.9 cm³/mol. The van der Waals surface area contributed by atoms with Crippen molar-refractivity contribution in [1.29, 1.82) is 0 Å². The number of hydrogen-bond donors (Lipinski definition) is 2. The van der Waals surface area contributed by atoms with E-state index in [0.717, 1.165) is 19.3 Å². The maximum atomic E-state index is 12.3. The van der Waals surface area contributed by atoms with Gasteiger partial charge >= 0.3 is 12.0 Å². The van der Waals surface area contributed by atoms with Crippen LogP contribution in [0.5, 0.6) is 0 Å². The summed E-state index contributed by atoms with van der Waals surface area (Å²) in [5.74, 6) is -1.02. The average Bonchev–Trinajstić information content (AvgIpc) is 2.76. The summed E-state index contributed by atoms with van der Waals surface area (Å²) in [6, 6.07) is 1.68. The van der Waals surface area contributed by atoms with Crippen molar-refractivity contribution in [1.82, 2.24) is 4.90 Å². The normalized spacial score (nSPS) is 23.2. The molecule has 0 aliphatic carbocycles. The van der Waals surface area contributed by atoms with E-state index in [9.17, 15) is 9.59 Å². The van der Waals surface area contributed by atoms with E-state index in [-0.39, 0.29) is 23.7 Å². The molecule has 1 aliphatic heterocycles. The Balaban J connectivity index is 2.12. The first-order valence-corrected chi connectivity index (χ1v) is 7.28. The molecular formula is C13H18N2O3S. The van der Waals surface area contributed by atoms with Crippen LogP contribution in [0.25, 0.3) is 0 Å². The number of likely N-dealkylation sites (tertiary alicyclic amines) is 1. The van der Waals surface area contributed by atoms with Crippen LogP contribution < -0.4 is 5.32 Å². The molecule has 1 saturated heterocycles. The van der Waals surface area contributed by atoms with Gasteiger partial charge < -0.3 is 10.0 Å².